The van der Waals surface area contributed by atoms with Crippen LogP contribution in [-0.4, -0.2) is 19.5 Å². The Bertz CT molecular complexity index is 2770. The lowest BCUT2D eigenvalue weighted by Gasteiger charge is -2.18. The monoisotopic (exact) mass is 708 g/mol. The molecule has 0 unspecified atom stereocenters. The third-order valence-corrected chi connectivity index (χ3v) is 9.75. The van der Waals surface area contributed by atoms with E-state index in [0.29, 0.717) is 34.3 Å². The van der Waals surface area contributed by atoms with E-state index >= 15 is 0 Å². The number of nitrogens with zero attached hydrogens (tertiary/aromatic N) is 4. The van der Waals surface area contributed by atoms with Crippen molar-refractivity contribution in [2.45, 2.75) is 13.1 Å². The molecule has 0 aliphatic heterocycles. The molecule has 0 saturated heterocycles. The first-order valence-corrected chi connectivity index (χ1v) is 17.6. The highest BCUT2D eigenvalue weighted by Gasteiger charge is 2.33. The molecule has 0 fully saturated rings. The summed E-state index contributed by atoms with van der Waals surface area (Å²) in [4.78, 5) is 15.0. The zero-order valence-corrected chi connectivity index (χ0v) is 29.1. The van der Waals surface area contributed by atoms with Crippen LogP contribution in [0.25, 0.3) is 83.9 Å². The summed E-state index contributed by atoms with van der Waals surface area (Å²) < 4.78 is 45.5. The molecule has 0 atom stereocenters. The van der Waals surface area contributed by atoms with Crippen molar-refractivity contribution in [3.63, 3.8) is 0 Å². The number of hydrogen-bond donors (Lipinski definition) is 0. The number of alkyl halides is 3. The van der Waals surface area contributed by atoms with Gasteiger partial charge in [0.2, 0.25) is 0 Å². The molecule has 0 saturated carbocycles. The highest BCUT2D eigenvalue weighted by atomic mass is 19.4. The molecule has 54 heavy (non-hydrogen) atoms. The van der Waals surface area contributed by atoms with Gasteiger partial charge in [0.15, 0.2) is 17.5 Å². The quantitative estimate of drug-likeness (QED) is 0.173. The smallest absolute Gasteiger partial charge is 0.308 e. The Kier molecular flexibility index (Phi) is 8.12. The third-order valence-electron chi connectivity index (χ3n) is 9.75. The van der Waals surface area contributed by atoms with E-state index in [4.69, 9.17) is 15.0 Å². The molecule has 2 heterocycles. The zero-order valence-electron chi connectivity index (χ0n) is 29.1. The first-order valence-electron chi connectivity index (χ1n) is 17.6. The van der Waals surface area contributed by atoms with E-state index in [-0.39, 0.29) is 5.56 Å². The van der Waals surface area contributed by atoms with E-state index in [9.17, 15) is 13.2 Å². The molecule has 7 heteroatoms. The fourth-order valence-electron chi connectivity index (χ4n) is 7.22. The van der Waals surface area contributed by atoms with Crippen LogP contribution in [0.3, 0.4) is 0 Å². The van der Waals surface area contributed by atoms with Gasteiger partial charge >= 0.3 is 6.18 Å². The number of fused-ring (bicyclic) bond motifs is 3. The van der Waals surface area contributed by atoms with E-state index in [0.717, 1.165) is 55.7 Å². The van der Waals surface area contributed by atoms with Crippen molar-refractivity contribution in [1.82, 2.24) is 19.5 Å². The SMILES string of the molecule is Cc1cccc(-c2ccc3c(c2)c2ccccc2n3-c2cc(-c3ccccc3C(F)(F)F)ccc2-c2nc(-c3ccccc3)nc(-c3ccccc3)n2)c1. The Labute approximate surface area is 309 Å². The van der Waals surface area contributed by atoms with Gasteiger partial charge in [-0.05, 0) is 65.6 Å². The fraction of sp³-hybridized carbons (Fsp3) is 0.0426. The second-order valence-corrected chi connectivity index (χ2v) is 13.3. The van der Waals surface area contributed by atoms with Crippen LogP contribution < -0.4 is 0 Å². The van der Waals surface area contributed by atoms with Gasteiger partial charge in [0.25, 0.3) is 0 Å². The Morgan fingerprint density at radius 3 is 1.70 bits per heavy atom. The molecule has 4 nitrogen and oxygen atoms in total. The van der Waals surface area contributed by atoms with Crippen LogP contribution in [0.5, 0.6) is 0 Å². The first-order chi connectivity index (χ1) is 26.3. The minimum absolute atomic E-state index is 0.0888. The second-order valence-electron chi connectivity index (χ2n) is 13.3. The molecule has 2 aromatic heterocycles. The Balaban J connectivity index is 1.35. The fourth-order valence-corrected chi connectivity index (χ4v) is 7.22. The summed E-state index contributed by atoms with van der Waals surface area (Å²) in [6.45, 7) is 2.08. The molecule has 0 spiro atoms. The third kappa shape index (κ3) is 5.99. The second kappa shape index (κ2) is 13.3. The van der Waals surface area contributed by atoms with Gasteiger partial charge in [0, 0.05) is 27.5 Å². The van der Waals surface area contributed by atoms with Crippen molar-refractivity contribution < 1.29 is 13.2 Å². The predicted octanol–water partition coefficient (Wildman–Crippen LogP) is 12.6. The zero-order chi connectivity index (χ0) is 36.8. The first kappa shape index (κ1) is 33.0. The van der Waals surface area contributed by atoms with Crippen LogP contribution in [0.1, 0.15) is 11.1 Å². The van der Waals surface area contributed by atoms with Gasteiger partial charge in [-0.1, -0.05) is 139 Å². The minimum Gasteiger partial charge on any atom is -0.308 e. The Morgan fingerprint density at radius 1 is 0.426 bits per heavy atom. The van der Waals surface area contributed by atoms with Gasteiger partial charge in [-0.25, -0.2) is 15.0 Å². The number of benzene rings is 7. The molecule has 0 amide bonds. The molecule has 0 aliphatic rings. The maximum atomic E-state index is 14.5. The molecule has 9 aromatic rings. The van der Waals surface area contributed by atoms with Crippen LogP contribution in [0.4, 0.5) is 13.2 Å². The topological polar surface area (TPSA) is 43.6 Å². The minimum atomic E-state index is -4.54. The van der Waals surface area contributed by atoms with Gasteiger partial charge in [-0.15, -0.1) is 0 Å². The molecule has 7 aromatic carbocycles. The largest absolute Gasteiger partial charge is 0.417 e. The summed E-state index contributed by atoms with van der Waals surface area (Å²) in [6.07, 6.45) is -4.54. The lowest BCUT2D eigenvalue weighted by molar-refractivity contribution is -0.137. The van der Waals surface area contributed by atoms with Gasteiger partial charge in [-0.2, -0.15) is 13.2 Å². The summed E-state index contributed by atoms with van der Waals surface area (Å²) in [5, 5.41) is 2.03. The average molecular weight is 709 g/mol. The van der Waals surface area contributed by atoms with Crippen molar-refractivity contribution in [2.24, 2.45) is 0 Å². The number of halogens is 3. The molecular weight excluding hydrogens is 678 g/mol. The molecular formula is C47H31F3N4. The normalized spacial score (nSPS) is 11.7. The van der Waals surface area contributed by atoms with E-state index in [1.165, 1.54) is 12.1 Å². The highest BCUT2D eigenvalue weighted by Crippen LogP contribution is 2.42. The van der Waals surface area contributed by atoms with Crippen molar-refractivity contribution in [3.05, 3.63) is 181 Å². The van der Waals surface area contributed by atoms with E-state index in [2.05, 4.69) is 60.0 Å². The Hall–Kier alpha value is -6.86. The Morgan fingerprint density at radius 2 is 1.00 bits per heavy atom. The summed E-state index contributed by atoms with van der Waals surface area (Å²) in [5.74, 6) is 1.37. The molecule has 260 valence electrons. The molecule has 9 rings (SSSR count). The molecule has 0 bridgehead atoms. The van der Waals surface area contributed by atoms with E-state index in [1.54, 1.807) is 12.1 Å². The highest BCUT2D eigenvalue weighted by molar-refractivity contribution is 6.11. The maximum Gasteiger partial charge on any atom is 0.417 e. The van der Waals surface area contributed by atoms with Gasteiger partial charge in [0.1, 0.15) is 0 Å². The van der Waals surface area contributed by atoms with Crippen LogP contribution in [-0.2, 0) is 6.18 Å². The van der Waals surface area contributed by atoms with Crippen LogP contribution >= 0.6 is 0 Å². The van der Waals surface area contributed by atoms with E-state index < -0.39 is 11.7 Å². The summed E-state index contributed by atoms with van der Waals surface area (Å²) in [5.41, 5.74) is 7.86. The molecule has 0 aliphatic carbocycles. The van der Waals surface area contributed by atoms with Gasteiger partial charge in [0.05, 0.1) is 22.3 Å². The van der Waals surface area contributed by atoms with Gasteiger partial charge in [-0.3, -0.25) is 0 Å². The van der Waals surface area contributed by atoms with Gasteiger partial charge < -0.3 is 4.57 Å². The molecule has 0 radical (unpaired) electrons. The standard InChI is InChI=1S/C47H31F3N4/c1-30-13-12-18-33(27-30)34-24-26-42-39(28-34)37-20-9-11-22-41(37)54(42)43-29-35(36-19-8-10-21-40(36)47(48,49)50)23-25-38(43)46-52-44(31-14-4-2-5-15-31)51-45(53-46)32-16-6-3-7-17-32/h2-29H,1H3. The summed E-state index contributed by atoms with van der Waals surface area (Å²) in [7, 11) is 0. The van der Waals surface area contributed by atoms with Crippen molar-refractivity contribution in [2.75, 3.05) is 0 Å². The van der Waals surface area contributed by atoms with Crippen molar-refractivity contribution in [3.8, 4) is 62.1 Å². The number of rotatable bonds is 6. The number of aryl methyl sites for hydroxylation is 1. The van der Waals surface area contributed by atoms with E-state index in [1.807, 2.05) is 91.0 Å². The predicted molar refractivity (Wildman–Crippen MR) is 211 cm³/mol. The number of hydrogen-bond acceptors (Lipinski definition) is 3. The van der Waals surface area contributed by atoms with Crippen LogP contribution in [0, 0.1) is 6.92 Å². The number of para-hydroxylation sites is 1. The lowest BCUT2D eigenvalue weighted by Crippen LogP contribution is -2.07. The average Bonchev–Trinajstić information content (AvgIpc) is 3.54. The van der Waals surface area contributed by atoms with Crippen LogP contribution in [0.15, 0.2) is 170 Å². The maximum absolute atomic E-state index is 14.5. The summed E-state index contributed by atoms with van der Waals surface area (Å²) in [6, 6.07) is 53.4. The van der Waals surface area contributed by atoms with Crippen molar-refractivity contribution >= 4 is 21.8 Å². The summed E-state index contributed by atoms with van der Waals surface area (Å²) >= 11 is 0. The number of aromatic nitrogens is 4. The van der Waals surface area contributed by atoms with Crippen LogP contribution in [0.2, 0.25) is 0 Å². The lowest BCUT2D eigenvalue weighted by atomic mass is 9.96. The molecule has 0 N–H and O–H groups in total. The van der Waals surface area contributed by atoms with Crippen molar-refractivity contribution in [1.29, 1.82) is 0 Å².